The zero-order valence-electron chi connectivity index (χ0n) is 9.84. The van der Waals surface area contributed by atoms with Crippen molar-refractivity contribution < 1.29 is 9.13 Å². The third kappa shape index (κ3) is 2.25. The van der Waals surface area contributed by atoms with E-state index in [1.54, 1.807) is 6.07 Å². The van der Waals surface area contributed by atoms with Crippen LogP contribution in [0.5, 0.6) is 5.75 Å². The molecule has 94 valence electrons. The van der Waals surface area contributed by atoms with E-state index in [0.717, 1.165) is 12.8 Å². The summed E-state index contributed by atoms with van der Waals surface area (Å²) >= 11 is 11.9. The maximum absolute atomic E-state index is 13.0. The molecule has 0 saturated heterocycles. The first-order chi connectivity index (χ1) is 7.97. The summed E-state index contributed by atoms with van der Waals surface area (Å²) in [5.41, 5.74) is -0.0115. The molecule has 1 fully saturated rings. The largest absolute Gasteiger partial charge is 0.490 e. The van der Waals surface area contributed by atoms with Gasteiger partial charge < -0.3 is 4.74 Å². The van der Waals surface area contributed by atoms with E-state index in [4.69, 9.17) is 27.9 Å². The molecule has 1 nitrogen and oxygen atoms in total. The Labute approximate surface area is 111 Å². The maximum atomic E-state index is 13.0. The molecule has 2 rings (SSSR count). The smallest absolute Gasteiger partial charge is 0.142 e. The van der Waals surface area contributed by atoms with Crippen LogP contribution in [-0.4, -0.2) is 11.5 Å². The molecule has 0 bridgehead atoms. The number of alkyl halides is 1. The zero-order chi connectivity index (χ0) is 12.6. The normalized spacial score (nSPS) is 32.1. The van der Waals surface area contributed by atoms with E-state index in [9.17, 15) is 4.39 Å². The van der Waals surface area contributed by atoms with E-state index in [2.05, 4.69) is 13.8 Å². The zero-order valence-corrected chi connectivity index (χ0v) is 11.4. The second-order valence-corrected chi connectivity index (χ2v) is 5.68. The summed E-state index contributed by atoms with van der Waals surface area (Å²) in [6.45, 7) is 4.21. The fourth-order valence-corrected chi connectivity index (χ4v) is 2.74. The lowest BCUT2D eigenvalue weighted by molar-refractivity contribution is -0.0295. The van der Waals surface area contributed by atoms with Gasteiger partial charge in [0.05, 0.1) is 5.02 Å². The molecule has 0 N–H and O–H groups in total. The quantitative estimate of drug-likeness (QED) is 0.730. The van der Waals surface area contributed by atoms with Gasteiger partial charge in [-0.1, -0.05) is 25.4 Å². The van der Waals surface area contributed by atoms with Gasteiger partial charge in [0.25, 0.3) is 0 Å². The van der Waals surface area contributed by atoms with Crippen LogP contribution in [0.2, 0.25) is 5.02 Å². The predicted octanol–water partition coefficient (Wildman–Crippen LogP) is 4.65. The number of rotatable bonds is 3. The summed E-state index contributed by atoms with van der Waals surface area (Å²) in [5.74, 6) is 0.172. The molecule has 3 atom stereocenters. The van der Waals surface area contributed by atoms with E-state index in [0.29, 0.717) is 5.75 Å². The Morgan fingerprint density at radius 1 is 1.53 bits per heavy atom. The number of ether oxygens (including phenoxy) is 1. The second-order valence-electron chi connectivity index (χ2n) is 4.75. The van der Waals surface area contributed by atoms with Gasteiger partial charge in [-0.25, -0.2) is 4.39 Å². The highest BCUT2D eigenvalue weighted by molar-refractivity contribution is 6.30. The molecule has 1 aromatic rings. The molecule has 1 aliphatic rings. The monoisotopic (exact) mass is 276 g/mol. The van der Waals surface area contributed by atoms with Crippen LogP contribution in [0.3, 0.4) is 0 Å². The van der Waals surface area contributed by atoms with E-state index in [1.165, 1.54) is 12.1 Å². The van der Waals surface area contributed by atoms with Crippen LogP contribution < -0.4 is 4.74 Å². The first-order valence-corrected chi connectivity index (χ1v) is 6.54. The average Bonchev–Trinajstić information content (AvgIpc) is 2.32. The van der Waals surface area contributed by atoms with E-state index < -0.39 is 5.82 Å². The highest BCUT2D eigenvalue weighted by Gasteiger charge is 2.51. The van der Waals surface area contributed by atoms with Crippen molar-refractivity contribution in [3.05, 3.63) is 29.0 Å². The Balaban J connectivity index is 2.09. The highest BCUT2D eigenvalue weighted by atomic mass is 35.5. The standard InChI is InChI=1S/C13H15Cl2FO/c1-3-13(2)11(15)7-12(13)17-8-4-5-10(16)9(14)6-8/h4-6,11-12H,3,7H2,1-2H3. The Morgan fingerprint density at radius 2 is 2.24 bits per heavy atom. The number of hydrogen-bond donors (Lipinski definition) is 0. The van der Waals surface area contributed by atoms with Crippen LogP contribution in [0.1, 0.15) is 26.7 Å². The molecule has 0 aromatic heterocycles. The molecule has 1 saturated carbocycles. The number of hydrogen-bond acceptors (Lipinski definition) is 1. The minimum Gasteiger partial charge on any atom is -0.490 e. The van der Waals surface area contributed by atoms with Gasteiger partial charge >= 0.3 is 0 Å². The van der Waals surface area contributed by atoms with Gasteiger partial charge in [-0.05, 0) is 18.6 Å². The van der Waals surface area contributed by atoms with Crippen LogP contribution in [-0.2, 0) is 0 Å². The van der Waals surface area contributed by atoms with Crippen LogP contribution in [0.15, 0.2) is 18.2 Å². The summed E-state index contributed by atoms with van der Waals surface area (Å²) < 4.78 is 18.8. The minimum atomic E-state index is -0.430. The van der Waals surface area contributed by atoms with Gasteiger partial charge in [-0.3, -0.25) is 0 Å². The molecule has 1 aromatic carbocycles. The molecule has 17 heavy (non-hydrogen) atoms. The van der Waals surface area contributed by atoms with Crippen molar-refractivity contribution in [1.29, 1.82) is 0 Å². The van der Waals surface area contributed by atoms with Crippen molar-refractivity contribution in [1.82, 2.24) is 0 Å². The molecule has 0 heterocycles. The molecular weight excluding hydrogens is 262 g/mol. The predicted molar refractivity (Wildman–Crippen MR) is 68.5 cm³/mol. The minimum absolute atomic E-state index is 0.0115. The molecule has 0 radical (unpaired) electrons. The topological polar surface area (TPSA) is 9.23 Å². The molecule has 0 spiro atoms. The van der Waals surface area contributed by atoms with Crippen LogP contribution in [0, 0.1) is 11.2 Å². The Kier molecular flexibility index (Phi) is 3.55. The first kappa shape index (κ1) is 13.0. The van der Waals surface area contributed by atoms with Crippen molar-refractivity contribution in [2.24, 2.45) is 5.41 Å². The van der Waals surface area contributed by atoms with Gasteiger partial charge in [0.2, 0.25) is 0 Å². The Hall–Kier alpha value is -0.470. The molecule has 4 heteroatoms. The maximum Gasteiger partial charge on any atom is 0.142 e. The molecule has 1 aliphatic carbocycles. The second kappa shape index (κ2) is 4.66. The van der Waals surface area contributed by atoms with E-state index in [1.807, 2.05) is 0 Å². The fourth-order valence-electron chi connectivity index (χ4n) is 2.11. The van der Waals surface area contributed by atoms with Crippen LogP contribution in [0.25, 0.3) is 0 Å². The fraction of sp³-hybridized carbons (Fsp3) is 0.538. The van der Waals surface area contributed by atoms with E-state index in [-0.39, 0.29) is 21.9 Å². The van der Waals surface area contributed by atoms with Crippen molar-refractivity contribution >= 4 is 23.2 Å². The van der Waals surface area contributed by atoms with Gasteiger partial charge in [0, 0.05) is 23.3 Å². The molecule has 0 amide bonds. The lowest BCUT2D eigenvalue weighted by Crippen LogP contribution is -2.55. The summed E-state index contributed by atoms with van der Waals surface area (Å²) in [5, 5.41) is 0.232. The lowest BCUT2D eigenvalue weighted by Gasteiger charge is -2.50. The van der Waals surface area contributed by atoms with Crippen molar-refractivity contribution in [3.63, 3.8) is 0 Å². The van der Waals surface area contributed by atoms with Gasteiger partial charge in [0.15, 0.2) is 0 Å². The molecule has 0 aliphatic heterocycles. The number of benzene rings is 1. The lowest BCUT2D eigenvalue weighted by atomic mass is 9.65. The SMILES string of the molecule is CCC1(C)C(Cl)CC1Oc1ccc(F)c(Cl)c1. The summed E-state index contributed by atoms with van der Waals surface area (Å²) in [7, 11) is 0. The van der Waals surface area contributed by atoms with Gasteiger partial charge in [-0.2, -0.15) is 0 Å². The van der Waals surface area contributed by atoms with Crippen LogP contribution in [0.4, 0.5) is 4.39 Å². The summed E-state index contributed by atoms with van der Waals surface area (Å²) in [6.07, 6.45) is 1.86. The van der Waals surface area contributed by atoms with Gasteiger partial charge in [0.1, 0.15) is 17.7 Å². The Morgan fingerprint density at radius 3 is 2.76 bits per heavy atom. The van der Waals surface area contributed by atoms with Crippen LogP contribution >= 0.6 is 23.2 Å². The number of halogens is 3. The van der Waals surface area contributed by atoms with E-state index >= 15 is 0 Å². The first-order valence-electron chi connectivity index (χ1n) is 5.73. The summed E-state index contributed by atoms with van der Waals surface area (Å²) in [4.78, 5) is 0. The van der Waals surface area contributed by atoms with Crippen molar-refractivity contribution in [2.45, 2.75) is 38.2 Å². The molecule has 3 unspecified atom stereocenters. The third-order valence-electron chi connectivity index (χ3n) is 3.80. The van der Waals surface area contributed by atoms with Gasteiger partial charge in [-0.15, -0.1) is 11.6 Å². The van der Waals surface area contributed by atoms with Crippen molar-refractivity contribution in [2.75, 3.05) is 0 Å². The average molecular weight is 277 g/mol. The molecular formula is C13H15Cl2FO. The summed E-state index contributed by atoms with van der Waals surface area (Å²) in [6, 6.07) is 4.42. The highest BCUT2D eigenvalue weighted by Crippen LogP contribution is 2.49. The van der Waals surface area contributed by atoms with Crippen molar-refractivity contribution in [3.8, 4) is 5.75 Å². The Bertz CT molecular complexity index is 424. The third-order valence-corrected chi connectivity index (χ3v) is 4.77.